The summed E-state index contributed by atoms with van der Waals surface area (Å²) in [6.45, 7) is 5.64. The van der Waals surface area contributed by atoms with Crippen LogP contribution < -0.4 is 4.74 Å². The van der Waals surface area contributed by atoms with E-state index in [1.807, 2.05) is 13.8 Å². The topological polar surface area (TPSA) is 140 Å². The molecule has 0 aliphatic heterocycles. The fourth-order valence-electron chi connectivity index (χ4n) is 3.86. The van der Waals surface area contributed by atoms with Gasteiger partial charge in [-0.25, -0.2) is 23.4 Å². The number of hydrogen-bond donors (Lipinski definition) is 0. The Labute approximate surface area is 227 Å². The zero-order valence-electron chi connectivity index (χ0n) is 22.2. The Kier molecular flexibility index (Phi) is 10.5. The normalized spacial score (nSPS) is 13.7. The fourth-order valence-corrected chi connectivity index (χ4v) is 5.34. The SMILES string of the molecule is COCC(COC)n1c(CS(=O)(=O)[C@@H](C)[C@@H](OC(C)C)c2ncc(Cl)cn2)nnc1-c1cccc(OC)n1. The van der Waals surface area contributed by atoms with Crippen LogP contribution in [0, 0.1) is 0 Å². The second-order valence-electron chi connectivity index (χ2n) is 8.82. The van der Waals surface area contributed by atoms with E-state index in [2.05, 4.69) is 25.1 Å². The Morgan fingerprint density at radius 1 is 1.00 bits per heavy atom. The third-order valence-electron chi connectivity index (χ3n) is 5.65. The second-order valence-corrected chi connectivity index (χ2v) is 11.6. The molecule has 3 rings (SSSR count). The van der Waals surface area contributed by atoms with Crippen molar-refractivity contribution in [3.63, 3.8) is 0 Å². The highest BCUT2D eigenvalue weighted by Crippen LogP contribution is 2.30. The Morgan fingerprint density at radius 3 is 2.24 bits per heavy atom. The lowest BCUT2D eigenvalue weighted by molar-refractivity contribution is 0.00142. The number of pyridine rings is 1. The predicted molar refractivity (Wildman–Crippen MR) is 141 cm³/mol. The van der Waals surface area contributed by atoms with E-state index >= 15 is 0 Å². The molecule has 14 heteroatoms. The van der Waals surface area contributed by atoms with E-state index in [1.165, 1.54) is 19.5 Å². The Bertz CT molecular complexity index is 1280. The average Bonchev–Trinajstić information content (AvgIpc) is 3.29. The molecule has 0 saturated carbocycles. The lowest BCUT2D eigenvalue weighted by Gasteiger charge is -2.26. The first kappa shape index (κ1) is 29.8. The van der Waals surface area contributed by atoms with Crippen LogP contribution in [-0.2, 0) is 29.8 Å². The highest BCUT2D eigenvalue weighted by Gasteiger charge is 2.36. The number of hydrogen-bond acceptors (Lipinski definition) is 11. The van der Waals surface area contributed by atoms with Crippen molar-refractivity contribution in [2.45, 2.75) is 50.0 Å². The maximum Gasteiger partial charge on any atom is 0.213 e. The van der Waals surface area contributed by atoms with Gasteiger partial charge in [0.1, 0.15) is 23.4 Å². The summed E-state index contributed by atoms with van der Waals surface area (Å²) in [5.41, 5.74) is 0.460. The van der Waals surface area contributed by atoms with Gasteiger partial charge < -0.3 is 23.5 Å². The van der Waals surface area contributed by atoms with Gasteiger partial charge in [-0.1, -0.05) is 17.7 Å². The molecule has 0 fully saturated rings. The van der Waals surface area contributed by atoms with Crippen LogP contribution in [0.25, 0.3) is 11.5 Å². The summed E-state index contributed by atoms with van der Waals surface area (Å²) < 4.78 is 51.2. The molecule has 0 unspecified atom stereocenters. The molecule has 0 aromatic carbocycles. The molecule has 3 heterocycles. The zero-order valence-corrected chi connectivity index (χ0v) is 23.8. The number of sulfone groups is 1. The van der Waals surface area contributed by atoms with Crippen LogP contribution in [0.15, 0.2) is 30.6 Å². The van der Waals surface area contributed by atoms with Crippen LogP contribution in [-0.4, -0.2) is 84.0 Å². The van der Waals surface area contributed by atoms with Gasteiger partial charge in [0.2, 0.25) is 5.88 Å². The maximum atomic E-state index is 13.8. The second kappa shape index (κ2) is 13.4. The maximum absolute atomic E-state index is 13.8. The van der Waals surface area contributed by atoms with E-state index in [1.54, 1.807) is 43.9 Å². The molecule has 3 aromatic rings. The van der Waals surface area contributed by atoms with Gasteiger partial charge in [0.15, 0.2) is 21.5 Å². The first-order valence-corrected chi connectivity index (χ1v) is 14.0. The minimum atomic E-state index is -3.87. The molecule has 2 atom stereocenters. The van der Waals surface area contributed by atoms with E-state index in [0.717, 1.165) is 0 Å². The van der Waals surface area contributed by atoms with E-state index in [-0.39, 0.29) is 31.0 Å². The molecule has 0 aliphatic rings. The summed E-state index contributed by atoms with van der Waals surface area (Å²) in [6, 6.07) is 4.78. The van der Waals surface area contributed by atoms with Crippen molar-refractivity contribution in [1.82, 2.24) is 29.7 Å². The summed E-state index contributed by atoms with van der Waals surface area (Å²) in [5, 5.41) is 7.88. The van der Waals surface area contributed by atoms with Crippen molar-refractivity contribution in [2.24, 2.45) is 0 Å². The van der Waals surface area contributed by atoms with Crippen LogP contribution in [0.1, 0.15) is 44.6 Å². The summed E-state index contributed by atoms with van der Waals surface area (Å²) in [4.78, 5) is 12.9. The fraction of sp³-hybridized carbons (Fsp3) is 0.542. The van der Waals surface area contributed by atoms with Gasteiger partial charge in [-0.05, 0) is 26.8 Å². The smallest absolute Gasteiger partial charge is 0.213 e. The number of aromatic nitrogens is 6. The molecule has 0 N–H and O–H groups in total. The molecule has 0 saturated heterocycles. The Morgan fingerprint density at radius 2 is 1.66 bits per heavy atom. The third-order valence-corrected chi connectivity index (χ3v) is 7.88. The molecule has 0 bridgehead atoms. The molecule has 0 amide bonds. The highest BCUT2D eigenvalue weighted by molar-refractivity contribution is 7.91. The minimum Gasteiger partial charge on any atom is -0.481 e. The highest BCUT2D eigenvalue weighted by atomic mass is 35.5. The van der Waals surface area contributed by atoms with Crippen LogP contribution in [0.5, 0.6) is 5.88 Å². The van der Waals surface area contributed by atoms with Crippen molar-refractivity contribution in [3.05, 3.63) is 47.3 Å². The van der Waals surface area contributed by atoms with E-state index in [4.69, 9.17) is 30.5 Å². The van der Waals surface area contributed by atoms with Crippen molar-refractivity contribution < 1.29 is 27.4 Å². The van der Waals surface area contributed by atoms with Crippen molar-refractivity contribution in [3.8, 4) is 17.4 Å². The summed E-state index contributed by atoms with van der Waals surface area (Å²) >= 11 is 5.93. The summed E-state index contributed by atoms with van der Waals surface area (Å²) in [5.74, 6) is 0.735. The molecule has 38 heavy (non-hydrogen) atoms. The van der Waals surface area contributed by atoms with E-state index in [0.29, 0.717) is 22.4 Å². The molecular formula is C24H33ClN6O6S. The quantitative estimate of drug-likeness (QED) is 0.283. The first-order chi connectivity index (χ1) is 18.1. The number of ether oxygens (including phenoxy) is 4. The van der Waals surface area contributed by atoms with E-state index < -0.39 is 33.0 Å². The van der Waals surface area contributed by atoms with Crippen LogP contribution in [0.3, 0.4) is 0 Å². The number of nitrogens with zero attached hydrogens (tertiary/aromatic N) is 6. The molecule has 0 aliphatic carbocycles. The third kappa shape index (κ3) is 7.23. The van der Waals surface area contributed by atoms with Gasteiger partial charge in [-0.3, -0.25) is 0 Å². The van der Waals surface area contributed by atoms with Gasteiger partial charge in [0, 0.05) is 32.7 Å². The first-order valence-electron chi connectivity index (χ1n) is 11.9. The molecule has 208 valence electrons. The largest absolute Gasteiger partial charge is 0.481 e. The lowest BCUT2D eigenvalue weighted by atomic mass is 10.2. The summed E-state index contributed by atoms with van der Waals surface area (Å²) in [7, 11) is 0.738. The number of halogens is 1. The Balaban J connectivity index is 2.05. The van der Waals surface area contributed by atoms with Gasteiger partial charge in [0.05, 0.1) is 42.7 Å². The van der Waals surface area contributed by atoms with Gasteiger partial charge in [-0.15, -0.1) is 10.2 Å². The molecule has 0 spiro atoms. The van der Waals surface area contributed by atoms with Crippen LogP contribution in [0.4, 0.5) is 0 Å². The number of rotatable bonds is 14. The predicted octanol–water partition coefficient (Wildman–Crippen LogP) is 3.10. The van der Waals surface area contributed by atoms with Crippen LogP contribution >= 0.6 is 11.6 Å². The molecule has 12 nitrogen and oxygen atoms in total. The van der Waals surface area contributed by atoms with Crippen molar-refractivity contribution >= 4 is 21.4 Å². The van der Waals surface area contributed by atoms with Crippen molar-refractivity contribution in [2.75, 3.05) is 34.5 Å². The lowest BCUT2D eigenvalue weighted by Crippen LogP contribution is -2.32. The molecule has 3 aromatic heterocycles. The van der Waals surface area contributed by atoms with Crippen LogP contribution in [0.2, 0.25) is 5.02 Å². The number of methoxy groups -OCH3 is 3. The zero-order chi connectivity index (χ0) is 27.9. The van der Waals surface area contributed by atoms with Crippen molar-refractivity contribution in [1.29, 1.82) is 0 Å². The standard InChI is InChI=1S/C24H33ClN6O6S/c1-15(2)37-22(23-26-10-17(25)11-27-23)16(3)38(32,33)14-20-29-30-24(19-8-7-9-21(28-19)36-6)31(20)18(12-34-4)13-35-5/h7-11,15-16,18,22H,12-14H2,1-6H3/t16-,22+/m0/s1. The summed E-state index contributed by atoms with van der Waals surface area (Å²) in [6.07, 6.45) is 1.61. The van der Waals surface area contributed by atoms with Gasteiger partial charge in [-0.2, -0.15) is 0 Å². The average molecular weight is 569 g/mol. The van der Waals surface area contributed by atoms with Gasteiger partial charge >= 0.3 is 0 Å². The monoisotopic (exact) mass is 568 g/mol. The van der Waals surface area contributed by atoms with E-state index in [9.17, 15) is 8.42 Å². The van der Waals surface area contributed by atoms with Gasteiger partial charge in [0.25, 0.3) is 0 Å². The molecule has 0 radical (unpaired) electrons. The minimum absolute atomic E-state index is 0.205. The Hall–Kier alpha value is -2.71. The molecular weight excluding hydrogens is 536 g/mol.